The van der Waals surface area contributed by atoms with Crippen LogP contribution in [0.5, 0.6) is 0 Å². The predicted octanol–water partition coefficient (Wildman–Crippen LogP) is 13.8. The van der Waals surface area contributed by atoms with Gasteiger partial charge in [0.15, 0.2) is 0 Å². The Kier molecular flexibility index (Phi) is 17.4. The van der Waals surface area contributed by atoms with Gasteiger partial charge < -0.3 is 49.6 Å². The topological polar surface area (TPSA) is 178 Å². The Balaban J connectivity index is 0.614. The van der Waals surface area contributed by atoms with E-state index in [0.717, 1.165) is 185 Å². The van der Waals surface area contributed by atoms with Gasteiger partial charge in [0, 0.05) is 112 Å². The first-order chi connectivity index (χ1) is 52.9. The highest BCUT2D eigenvalue weighted by Gasteiger charge is 2.25. The van der Waals surface area contributed by atoms with Gasteiger partial charge in [0.2, 0.25) is 0 Å². The monoisotopic (exact) mass is 1390 g/mol. The summed E-state index contributed by atoms with van der Waals surface area (Å²) in [6.07, 6.45) is 10.5. The number of ether oxygens (including phenoxy) is 2. The molecule has 516 valence electrons. The Bertz CT molecular complexity index is 6070. The quantitative estimate of drug-likeness (QED) is 0.0506. The summed E-state index contributed by atoms with van der Waals surface area (Å²) < 4.78 is 12.0. The zero-order chi connectivity index (χ0) is 71.6. The molecule has 0 saturated carbocycles. The molecule has 0 atom stereocenters. The highest BCUT2D eigenvalue weighted by atomic mass is 16.6. The zero-order valence-corrected chi connectivity index (χ0v) is 58.3. The average Bonchev–Trinajstić information content (AvgIpc) is 1.62. The molecule has 4 aliphatic rings. The number of aliphatic hydroxyl groups is 2. The third-order valence-electron chi connectivity index (χ3n) is 20.1. The highest BCUT2D eigenvalue weighted by molar-refractivity contribution is 6.31. The van der Waals surface area contributed by atoms with Crippen LogP contribution in [0.25, 0.3) is 56.5 Å². The van der Waals surface area contributed by atoms with E-state index in [1.807, 2.05) is 84.9 Å². The fourth-order valence-corrected chi connectivity index (χ4v) is 15.1. The first kappa shape index (κ1) is 65.0. The number of benzene rings is 8. The van der Waals surface area contributed by atoms with Gasteiger partial charge in [-0.05, 0) is 184 Å². The maximum absolute atomic E-state index is 11.4. The van der Waals surface area contributed by atoms with Gasteiger partial charge in [0.05, 0.1) is 46.5 Å². The molecule has 0 unspecified atom stereocenters. The Morgan fingerprint density at radius 2 is 0.505 bits per heavy atom. The number of hydrogen-bond donors (Lipinski definition) is 8. The summed E-state index contributed by atoms with van der Waals surface area (Å²) in [5, 5.41) is 29.7. The highest BCUT2D eigenvalue weighted by Crippen LogP contribution is 2.37. The van der Waals surface area contributed by atoms with Crippen molar-refractivity contribution < 1.29 is 19.7 Å². The molecular formula is C95H72N8O4. The number of nitrogens with zero attached hydrogens (tertiary/aromatic N) is 2. The molecule has 4 aliphatic heterocycles. The largest absolute Gasteiger partial charge is 0.481 e. The first-order valence-corrected chi connectivity index (χ1v) is 36.2. The Hall–Kier alpha value is -14.1. The van der Waals surface area contributed by atoms with E-state index in [1.165, 1.54) is 0 Å². The van der Waals surface area contributed by atoms with Crippen molar-refractivity contribution in [1.82, 2.24) is 29.9 Å². The summed E-state index contributed by atoms with van der Waals surface area (Å²) in [4.78, 5) is 34.0. The average molecular weight is 1390 g/mol. The molecule has 10 heterocycles. The van der Waals surface area contributed by atoms with Crippen LogP contribution in [0.2, 0.25) is 0 Å². The summed E-state index contributed by atoms with van der Waals surface area (Å²) in [5.74, 6) is -0.309. The van der Waals surface area contributed by atoms with Crippen molar-refractivity contribution >= 4 is 67.9 Å². The molecule has 12 heteroatoms. The second kappa shape index (κ2) is 28.6. The molecule has 8 aromatic carbocycles. The van der Waals surface area contributed by atoms with Crippen LogP contribution < -0.4 is 42.3 Å². The molecule has 107 heavy (non-hydrogen) atoms. The number of aromatic amines is 6. The number of H-pyrrole nitrogens is 6. The van der Waals surface area contributed by atoms with E-state index in [1.54, 1.807) is 0 Å². The minimum atomic E-state index is -0.154. The van der Waals surface area contributed by atoms with Gasteiger partial charge in [-0.2, -0.15) is 0 Å². The van der Waals surface area contributed by atoms with Crippen molar-refractivity contribution in [1.29, 1.82) is 0 Å². The number of aromatic nitrogens is 6. The van der Waals surface area contributed by atoms with Gasteiger partial charge in [0.1, 0.15) is 0 Å². The maximum atomic E-state index is 11.4. The number of aliphatic hydroxyl groups excluding tert-OH is 2. The summed E-state index contributed by atoms with van der Waals surface area (Å²) in [6, 6.07) is 104. The molecule has 0 spiro atoms. The van der Waals surface area contributed by atoms with Crippen molar-refractivity contribution in [3.8, 4) is 0 Å². The van der Waals surface area contributed by atoms with Crippen LogP contribution >= 0.6 is 0 Å². The lowest BCUT2D eigenvalue weighted by Crippen LogP contribution is -2.19. The predicted molar refractivity (Wildman–Crippen MR) is 428 cm³/mol. The van der Waals surface area contributed by atoms with Crippen molar-refractivity contribution in [2.75, 3.05) is 13.2 Å². The van der Waals surface area contributed by atoms with Crippen LogP contribution in [0.3, 0.4) is 0 Å². The number of fused-ring (bicyclic) bond motifs is 14. The van der Waals surface area contributed by atoms with Crippen LogP contribution in [0.4, 0.5) is 0 Å². The summed E-state index contributed by atoms with van der Waals surface area (Å²) in [6.45, 7) is 0.583. The standard InChI is InChI=1S/C95H72N8O4/c104-94(68-38-34-66(35-39-68)92-82-54-50-78(100-82)88(62-26-12-3-13-27-62)74-46-42-70(96-74)86(60-22-8-1-9-23-60)71-43-47-75(97-71)89(63-28-14-4-15-29-63)79-51-55-83(92)101-79)106-58-20-7-21-59-107-95(105)69-40-36-67(37-41-69)93-84-56-52-80(102-84)90(64-30-16-5-17-31-64)76-48-44-72(98-76)87(61-24-10-2-11-25-61)73-45-49-77(99-73)91(65-32-18-6-19-33-65)81-53-57-85(93)103-81/h1-6,8-19,22-57,96,98,100-105H,7,20-21,58-59H2. The Labute approximate surface area is 616 Å². The number of aliphatic imine (C=N–C) groups is 2. The van der Waals surface area contributed by atoms with Crippen molar-refractivity contribution in [3.05, 3.63) is 460 Å². The van der Waals surface area contributed by atoms with Gasteiger partial charge in [-0.1, -0.05) is 206 Å². The lowest BCUT2D eigenvalue weighted by molar-refractivity contribution is 0.159. The van der Waals surface area contributed by atoms with Crippen LogP contribution in [0.1, 0.15) is 98.2 Å². The van der Waals surface area contributed by atoms with E-state index in [-0.39, 0.29) is 11.9 Å². The van der Waals surface area contributed by atoms with Crippen LogP contribution in [-0.4, -0.2) is 64.8 Å². The molecule has 12 nitrogen and oxygen atoms in total. The third kappa shape index (κ3) is 12.9. The number of hydrogen-bond acceptors (Lipinski definition) is 6. The molecule has 0 aliphatic carbocycles. The third-order valence-corrected chi connectivity index (χ3v) is 20.1. The van der Waals surface area contributed by atoms with Gasteiger partial charge in [-0.15, -0.1) is 0 Å². The molecular weight excluding hydrogens is 1320 g/mol. The number of rotatable bonds is 14. The molecule has 6 aromatic heterocycles. The number of unbranched alkanes of at least 4 members (excludes halogenated alkanes) is 2. The molecule has 0 saturated heterocycles. The van der Waals surface area contributed by atoms with E-state index in [4.69, 9.17) is 19.5 Å². The molecule has 16 bridgehead atoms. The number of nitrogens with one attached hydrogen (secondary N) is 6. The molecule has 8 N–H and O–H groups in total. The SMILES string of the molecule is OC(OCCCCCOC(O)=c1ccc(=C2c3ccc([nH]3)C(c3ccccc3)=C3C=CC(=N3)C(c3ccccc3)=c3ccc([nH]3)=C(c3ccccc3)c3ccc2[nH]3)cc1)=c1ccc(=C2c3ccc([nH]3)C(c3ccccc3)=C3C=CC(=N3)C(c3ccccc3)=c3ccc([nH]3)=C(c3ccccc3)c3ccc2[nH]3)cc1. The van der Waals surface area contributed by atoms with Crippen molar-refractivity contribution in [2.45, 2.75) is 19.3 Å². The second-order valence-electron chi connectivity index (χ2n) is 26.9. The van der Waals surface area contributed by atoms with Crippen LogP contribution in [-0.2, 0) is 9.47 Å². The Morgan fingerprint density at radius 3 is 0.813 bits per heavy atom. The Morgan fingerprint density at radius 1 is 0.243 bits per heavy atom. The van der Waals surface area contributed by atoms with E-state index < -0.39 is 0 Å². The molecule has 0 amide bonds. The molecule has 18 rings (SSSR count). The second-order valence-corrected chi connectivity index (χ2v) is 26.9. The fourth-order valence-electron chi connectivity index (χ4n) is 15.1. The lowest BCUT2D eigenvalue weighted by atomic mass is 10.0. The first-order valence-electron chi connectivity index (χ1n) is 36.2. The van der Waals surface area contributed by atoms with Gasteiger partial charge >= 0.3 is 0 Å². The van der Waals surface area contributed by atoms with Crippen LogP contribution in [0.15, 0.2) is 349 Å². The van der Waals surface area contributed by atoms with Crippen molar-refractivity contribution in [3.63, 3.8) is 0 Å². The summed E-state index contributed by atoms with van der Waals surface area (Å²) in [5.41, 5.74) is 24.9. The van der Waals surface area contributed by atoms with E-state index in [9.17, 15) is 10.2 Å². The van der Waals surface area contributed by atoms with E-state index in [2.05, 4.69) is 273 Å². The molecule has 14 aromatic rings. The van der Waals surface area contributed by atoms with Gasteiger partial charge in [0.25, 0.3) is 11.9 Å². The normalized spacial score (nSPS) is 13.9. The molecule has 0 radical (unpaired) electrons. The molecule has 0 fully saturated rings. The van der Waals surface area contributed by atoms with Crippen molar-refractivity contribution in [2.24, 2.45) is 9.98 Å². The summed E-state index contributed by atoms with van der Waals surface area (Å²) >= 11 is 0. The van der Waals surface area contributed by atoms with E-state index >= 15 is 0 Å². The smallest absolute Gasteiger partial charge is 0.284 e. The zero-order valence-electron chi connectivity index (χ0n) is 58.3. The summed E-state index contributed by atoms with van der Waals surface area (Å²) in [7, 11) is 0. The minimum absolute atomic E-state index is 0.154. The number of allylic oxidation sites excluding steroid dienone is 4. The van der Waals surface area contributed by atoms with Gasteiger partial charge in [-0.25, -0.2) is 9.98 Å². The van der Waals surface area contributed by atoms with Crippen LogP contribution in [0, 0.1) is 0 Å². The minimum Gasteiger partial charge on any atom is -0.481 e. The van der Waals surface area contributed by atoms with Gasteiger partial charge in [-0.3, -0.25) is 0 Å². The fraction of sp³-hybridized carbons (Fsp3) is 0.0526. The maximum Gasteiger partial charge on any atom is 0.284 e. The van der Waals surface area contributed by atoms with E-state index in [0.29, 0.717) is 36.5 Å². The lowest BCUT2D eigenvalue weighted by Gasteiger charge is -2.11.